The third kappa shape index (κ3) is 3.05. The maximum atomic E-state index is 13.3. The molecule has 106 valence electrons. The van der Waals surface area contributed by atoms with Crippen LogP contribution in [0.5, 0.6) is 0 Å². The number of hydrogen-bond donors (Lipinski definition) is 3. The van der Waals surface area contributed by atoms with Crippen molar-refractivity contribution in [1.29, 1.82) is 0 Å². The largest absolute Gasteiger partial charge is 0.395 e. The highest BCUT2D eigenvalue weighted by Crippen LogP contribution is 2.26. The van der Waals surface area contributed by atoms with E-state index >= 15 is 0 Å². The van der Waals surface area contributed by atoms with E-state index in [0.29, 0.717) is 6.42 Å². The Kier molecular flexibility index (Phi) is 4.07. The number of anilines is 1. The molecule has 0 aromatic heterocycles. The monoisotopic (exact) mass is 288 g/mol. The highest BCUT2D eigenvalue weighted by molar-refractivity contribution is 7.89. The molecular weight excluding hydrogens is 271 g/mol. The van der Waals surface area contributed by atoms with Crippen molar-refractivity contribution in [1.82, 2.24) is 4.72 Å². The van der Waals surface area contributed by atoms with Crippen LogP contribution in [0.15, 0.2) is 23.1 Å². The van der Waals surface area contributed by atoms with Gasteiger partial charge in [-0.25, -0.2) is 17.5 Å². The van der Waals surface area contributed by atoms with Crippen LogP contribution < -0.4 is 10.5 Å². The Balaban J connectivity index is 2.12. The molecule has 4 N–H and O–H groups in total. The Bertz CT molecular complexity index is 562. The van der Waals surface area contributed by atoms with Gasteiger partial charge < -0.3 is 10.8 Å². The summed E-state index contributed by atoms with van der Waals surface area (Å²) in [5, 5.41) is 9.64. The standard InChI is InChI=1S/C12H17FN2O3S/c13-9-4-2-6-11(12(9)14)19(17,18)15-7-8-3-1-5-10(8)16/h2,4,6,8,10,15-16H,1,3,5,7,14H2. The van der Waals surface area contributed by atoms with Gasteiger partial charge in [-0.1, -0.05) is 12.5 Å². The van der Waals surface area contributed by atoms with Crippen molar-refractivity contribution >= 4 is 15.7 Å². The number of sulfonamides is 1. The lowest BCUT2D eigenvalue weighted by atomic mass is 10.1. The van der Waals surface area contributed by atoms with E-state index in [1.165, 1.54) is 12.1 Å². The molecule has 1 aliphatic rings. The summed E-state index contributed by atoms with van der Waals surface area (Å²) in [6.45, 7) is 0.138. The quantitative estimate of drug-likeness (QED) is 0.716. The molecule has 5 nitrogen and oxygen atoms in total. The summed E-state index contributed by atoms with van der Waals surface area (Å²) in [7, 11) is -3.85. The average molecular weight is 288 g/mol. The molecule has 0 bridgehead atoms. The molecule has 0 heterocycles. The molecule has 1 aliphatic carbocycles. The number of aliphatic hydroxyl groups excluding tert-OH is 1. The Morgan fingerprint density at radius 2 is 2.16 bits per heavy atom. The fraction of sp³-hybridized carbons (Fsp3) is 0.500. The number of aliphatic hydroxyl groups is 1. The van der Waals surface area contributed by atoms with Crippen LogP contribution in [0.25, 0.3) is 0 Å². The SMILES string of the molecule is Nc1c(F)cccc1S(=O)(=O)NCC1CCCC1O. The van der Waals surface area contributed by atoms with Gasteiger partial charge in [0, 0.05) is 6.54 Å². The number of para-hydroxylation sites is 1. The first kappa shape index (κ1) is 14.2. The van der Waals surface area contributed by atoms with E-state index in [1.807, 2.05) is 0 Å². The third-order valence-electron chi connectivity index (χ3n) is 3.46. The molecule has 2 rings (SSSR count). The molecule has 1 aromatic rings. The van der Waals surface area contributed by atoms with E-state index in [0.717, 1.165) is 18.9 Å². The molecule has 1 saturated carbocycles. The van der Waals surface area contributed by atoms with Crippen LogP contribution in [0.3, 0.4) is 0 Å². The fourth-order valence-electron chi connectivity index (χ4n) is 2.30. The van der Waals surface area contributed by atoms with Gasteiger partial charge in [0.05, 0.1) is 11.8 Å². The van der Waals surface area contributed by atoms with Crippen molar-refractivity contribution in [3.63, 3.8) is 0 Å². The smallest absolute Gasteiger partial charge is 0.242 e. The Morgan fingerprint density at radius 1 is 1.42 bits per heavy atom. The maximum absolute atomic E-state index is 13.3. The van der Waals surface area contributed by atoms with Gasteiger partial charge in [0.15, 0.2) is 0 Å². The minimum atomic E-state index is -3.85. The molecule has 0 radical (unpaired) electrons. The number of halogens is 1. The van der Waals surface area contributed by atoms with E-state index in [4.69, 9.17) is 5.73 Å². The van der Waals surface area contributed by atoms with Crippen molar-refractivity contribution < 1.29 is 17.9 Å². The molecule has 1 aromatic carbocycles. The number of nitrogen functional groups attached to an aromatic ring is 1. The second-order valence-electron chi connectivity index (χ2n) is 4.76. The van der Waals surface area contributed by atoms with Crippen molar-refractivity contribution in [2.24, 2.45) is 5.92 Å². The lowest BCUT2D eigenvalue weighted by molar-refractivity contribution is 0.134. The van der Waals surface area contributed by atoms with E-state index in [1.54, 1.807) is 0 Å². The first-order chi connectivity index (χ1) is 8.92. The zero-order chi connectivity index (χ0) is 14.0. The first-order valence-corrected chi connectivity index (χ1v) is 7.62. The van der Waals surface area contributed by atoms with Crippen LogP contribution in [0.1, 0.15) is 19.3 Å². The van der Waals surface area contributed by atoms with Gasteiger partial charge in [0.25, 0.3) is 0 Å². The molecule has 0 aliphatic heterocycles. The number of benzene rings is 1. The average Bonchev–Trinajstić information content (AvgIpc) is 2.76. The van der Waals surface area contributed by atoms with E-state index in [2.05, 4.69) is 4.72 Å². The Labute approximate surface area is 111 Å². The van der Waals surface area contributed by atoms with Crippen LogP contribution in [0, 0.1) is 11.7 Å². The molecule has 2 unspecified atom stereocenters. The Morgan fingerprint density at radius 3 is 2.79 bits per heavy atom. The lowest BCUT2D eigenvalue weighted by Crippen LogP contribution is -2.33. The maximum Gasteiger partial charge on any atom is 0.242 e. The van der Waals surface area contributed by atoms with E-state index in [9.17, 15) is 17.9 Å². The predicted molar refractivity (Wildman–Crippen MR) is 69.3 cm³/mol. The number of nitrogens with one attached hydrogen (secondary N) is 1. The zero-order valence-electron chi connectivity index (χ0n) is 10.3. The van der Waals surface area contributed by atoms with Gasteiger partial charge in [-0.05, 0) is 30.9 Å². The van der Waals surface area contributed by atoms with Crippen LogP contribution in [-0.2, 0) is 10.0 Å². The summed E-state index contributed by atoms with van der Waals surface area (Å²) in [5.41, 5.74) is 5.05. The van der Waals surface area contributed by atoms with Crippen molar-refractivity contribution in [2.45, 2.75) is 30.3 Å². The predicted octanol–water partition coefficient (Wildman–Crippen LogP) is 0.847. The topological polar surface area (TPSA) is 92.4 Å². The molecule has 19 heavy (non-hydrogen) atoms. The minimum Gasteiger partial charge on any atom is -0.395 e. The molecular formula is C12H17FN2O3S. The highest BCUT2D eigenvalue weighted by atomic mass is 32.2. The van der Waals surface area contributed by atoms with E-state index < -0.39 is 21.9 Å². The van der Waals surface area contributed by atoms with Crippen LogP contribution in [0.2, 0.25) is 0 Å². The van der Waals surface area contributed by atoms with Gasteiger partial charge in [0.2, 0.25) is 10.0 Å². The molecule has 0 amide bonds. The van der Waals surface area contributed by atoms with Crippen LogP contribution in [0.4, 0.5) is 10.1 Å². The third-order valence-corrected chi connectivity index (χ3v) is 4.94. The van der Waals surface area contributed by atoms with Gasteiger partial charge >= 0.3 is 0 Å². The highest BCUT2D eigenvalue weighted by Gasteiger charge is 2.27. The van der Waals surface area contributed by atoms with Gasteiger partial charge in [0.1, 0.15) is 10.7 Å². The summed E-state index contributed by atoms with van der Waals surface area (Å²) in [6, 6.07) is 3.66. The summed E-state index contributed by atoms with van der Waals surface area (Å²) >= 11 is 0. The number of rotatable bonds is 4. The van der Waals surface area contributed by atoms with Crippen molar-refractivity contribution in [2.75, 3.05) is 12.3 Å². The van der Waals surface area contributed by atoms with Crippen molar-refractivity contribution in [3.8, 4) is 0 Å². The molecule has 1 fully saturated rings. The Hall–Kier alpha value is -1.18. The number of hydrogen-bond acceptors (Lipinski definition) is 4. The second-order valence-corrected chi connectivity index (χ2v) is 6.50. The lowest BCUT2D eigenvalue weighted by Gasteiger charge is -2.16. The van der Waals surface area contributed by atoms with Crippen molar-refractivity contribution in [3.05, 3.63) is 24.0 Å². The number of nitrogens with two attached hydrogens (primary N) is 1. The minimum absolute atomic E-state index is 0.0930. The van der Waals surface area contributed by atoms with Gasteiger partial charge in [-0.3, -0.25) is 0 Å². The molecule has 0 spiro atoms. The van der Waals surface area contributed by atoms with Crippen LogP contribution >= 0.6 is 0 Å². The molecule has 0 saturated heterocycles. The molecule has 2 atom stereocenters. The zero-order valence-corrected chi connectivity index (χ0v) is 11.2. The summed E-state index contributed by atoms with van der Waals surface area (Å²) < 4.78 is 39.7. The second kappa shape index (κ2) is 5.44. The van der Waals surface area contributed by atoms with Gasteiger partial charge in [-0.2, -0.15) is 0 Å². The summed E-state index contributed by atoms with van der Waals surface area (Å²) in [5.74, 6) is -0.853. The molecule has 7 heteroatoms. The summed E-state index contributed by atoms with van der Waals surface area (Å²) in [6.07, 6.45) is 1.87. The fourth-order valence-corrected chi connectivity index (χ4v) is 3.54. The van der Waals surface area contributed by atoms with Crippen LogP contribution in [-0.4, -0.2) is 26.2 Å². The summed E-state index contributed by atoms with van der Waals surface area (Å²) in [4.78, 5) is -0.264. The normalized spacial score (nSPS) is 23.7. The first-order valence-electron chi connectivity index (χ1n) is 6.13. The van der Waals surface area contributed by atoms with E-state index in [-0.39, 0.29) is 23.0 Å². The van der Waals surface area contributed by atoms with Gasteiger partial charge in [-0.15, -0.1) is 0 Å².